The number of ether oxygens (including phenoxy) is 2. The quantitative estimate of drug-likeness (QED) is 0.287. The fourth-order valence-corrected chi connectivity index (χ4v) is 2.66. The Bertz CT molecular complexity index is 483. The van der Waals surface area contributed by atoms with Crippen molar-refractivity contribution in [2.75, 3.05) is 14.2 Å². The lowest BCUT2D eigenvalue weighted by atomic mass is 9.90. The Morgan fingerprint density at radius 1 is 0.655 bits per heavy atom. The van der Waals surface area contributed by atoms with Gasteiger partial charge in [-0.25, -0.2) is 0 Å². The van der Waals surface area contributed by atoms with Crippen LogP contribution < -0.4 is 0 Å². The minimum atomic E-state index is -5.10. The molecule has 14 heteroatoms. The molecule has 0 bridgehead atoms. The monoisotopic (exact) mass is 458 g/mol. The molecular formula is C15H18F12O2. The zero-order valence-corrected chi connectivity index (χ0v) is 15.0. The van der Waals surface area contributed by atoms with Gasteiger partial charge in [-0.15, -0.1) is 0 Å². The van der Waals surface area contributed by atoms with E-state index in [0.717, 1.165) is 0 Å². The van der Waals surface area contributed by atoms with Gasteiger partial charge in [0.05, 0.1) is 31.8 Å². The third-order valence-electron chi connectivity index (χ3n) is 3.65. The predicted molar refractivity (Wildman–Crippen MR) is 75.6 cm³/mol. The first-order chi connectivity index (χ1) is 12.8. The molecule has 0 aliphatic heterocycles. The molecule has 0 fully saturated rings. The maximum Gasteiger partial charge on any atom is 0.389 e. The molecule has 2 nitrogen and oxygen atoms in total. The highest BCUT2D eigenvalue weighted by molar-refractivity contribution is 5.06. The molecule has 174 valence electrons. The first-order valence-corrected chi connectivity index (χ1v) is 7.82. The van der Waals surface area contributed by atoms with Crippen molar-refractivity contribution >= 4 is 0 Å². The lowest BCUT2D eigenvalue weighted by Crippen LogP contribution is -2.32. The van der Waals surface area contributed by atoms with Crippen molar-refractivity contribution in [1.29, 1.82) is 0 Å². The maximum atomic E-state index is 12.6. The summed E-state index contributed by atoms with van der Waals surface area (Å²) in [5.41, 5.74) is 0. The van der Waals surface area contributed by atoms with E-state index in [2.05, 4.69) is 9.47 Å². The number of alkyl halides is 12. The van der Waals surface area contributed by atoms with Gasteiger partial charge in [0.1, 0.15) is 0 Å². The third-order valence-corrected chi connectivity index (χ3v) is 3.65. The minimum absolute atomic E-state index is 0.310. The molecule has 0 N–H and O–H groups in total. The Hall–Kier alpha value is -1.34. The van der Waals surface area contributed by atoms with Gasteiger partial charge < -0.3 is 9.47 Å². The van der Waals surface area contributed by atoms with Crippen molar-refractivity contribution in [3.63, 3.8) is 0 Å². The summed E-state index contributed by atoms with van der Waals surface area (Å²) in [6.45, 7) is 0. The van der Waals surface area contributed by atoms with Gasteiger partial charge in [-0.2, -0.15) is 52.7 Å². The lowest BCUT2D eigenvalue weighted by molar-refractivity contribution is -0.183. The SMILES string of the molecule is CO/C(=C\C(OC)C(CC(F)(F)F)CC(F)(F)F)C(CC(F)(F)F)CC(F)(F)F. The van der Waals surface area contributed by atoms with Gasteiger partial charge in [0, 0.05) is 31.8 Å². The molecule has 29 heavy (non-hydrogen) atoms. The van der Waals surface area contributed by atoms with E-state index in [1.165, 1.54) is 0 Å². The van der Waals surface area contributed by atoms with Crippen LogP contribution in [0.1, 0.15) is 25.7 Å². The molecule has 0 aromatic heterocycles. The molecule has 0 heterocycles. The van der Waals surface area contributed by atoms with Crippen LogP contribution >= 0.6 is 0 Å². The standard InChI is InChI=1S/C15H18F12O2/c1-28-10(8(4-12(16,17)18)5-13(19,20)21)3-11(29-2)9(6-14(22,23)24)7-15(25,26)27/h3,8-10H,4-7H2,1-2H3/b11-3-. The van der Waals surface area contributed by atoms with Crippen LogP contribution in [-0.2, 0) is 9.47 Å². The number of hydrogen-bond donors (Lipinski definition) is 0. The van der Waals surface area contributed by atoms with Gasteiger partial charge >= 0.3 is 24.7 Å². The smallest absolute Gasteiger partial charge is 0.389 e. The topological polar surface area (TPSA) is 18.5 Å². The van der Waals surface area contributed by atoms with E-state index in [9.17, 15) is 52.7 Å². The van der Waals surface area contributed by atoms with Gasteiger partial charge in [-0.3, -0.25) is 0 Å². The first-order valence-electron chi connectivity index (χ1n) is 7.82. The van der Waals surface area contributed by atoms with Crippen molar-refractivity contribution in [1.82, 2.24) is 0 Å². The largest absolute Gasteiger partial charge is 0.501 e. The second kappa shape index (κ2) is 10.1. The van der Waals surface area contributed by atoms with Crippen molar-refractivity contribution < 1.29 is 62.2 Å². The Morgan fingerprint density at radius 3 is 1.24 bits per heavy atom. The molecule has 0 rings (SSSR count). The Morgan fingerprint density at radius 2 is 1.00 bits per heavy atom. The number of methoxy groups -OCH3 is 2. The summed E-state index contributed by atoms with van der Waals surface area (Å²) in [7, 11) is 1.33. The van der Waals surface area contributed by atoms with E-state index < -0.39 is 74.1 Å². The van der Waals surface area contributed by atoms with Crippen LogP contribution in [0.25, 0.3) is 0 Å². The Balaban J connectivity index is 6.00. The number of rotatable bonds is 9. The number of allylic oxidation sites excluding steroid dienone is 1. The summed E-state index contributed by atoms with van der Waals surface area (Å²) in [5, 5.41) is 0. The molecule has 0 aliphatic carbocycles. The van der Waals surface area contributed by atoms with Gasteiger partial charge in [0.15, 0.2) is 0 Å². The second-order valence-corrected chi connectivity index (χ2v) is 6.21. The fourth-order valence-electron chi connectivity index (χ4n) is 2.66. The maximum absolute atomic E-state index is 12.6. The summed E-state index contributed by atoms with van der Waals surface area (Å²) < 4.78 is 160. The summed E-state index contributed by atoms with van der Waals surface area (Å²) in [6.07, 6.45) is -30.3. The molecule has 0 saturated carbocycles. The average molecular weight is 458 g/mol. The minimum Gasteiger partial charge on any atom is -0.501 e. The highest BCUT2D eigenvalue weighted by Crippen LogP contribution is 2.40. The predicted octanol–water partition coefficient (Wildman–Crippen LogP) is 6.57. The third kappa shape index (κ3) is 13.5. The zero-order valence-electron chi connectivity index (χ0n) is 15.0. The van der Waals surface area contributed by atoms with Gasteiger partial charge in [0.2, 0.25) is 0 Å². The summed E-state index contributed by atoms with van der Waals surface area (Å²) >= 11 is 0. The number of halogens is 12. The molecular weight excluding hydrogens is 440 g/mol. The van der Waals surface area contributed by atoms with E-state index in [1.54, 1.807) is 0 Å². The van der Waals surface area contributed by atoms with Gasteiger partial charge in [-0.05, 0) is 6.08 Å². The first kappa shape index (κ1) is 27.7. The van der Waals surface area contributed by atoms with E-state index in [0.29, 0.717) is 20.3 Å². The molecule has 0 spiro atoms. The molecule has 0 aliphatic rings. The summed E-state index contributed by atoms with van der Waals surface area (Å²) in [5.74, 6) is -5.82. The van der Waals surface area contributed by atoms with Crippen molar-refractivity contribution in [2.24, 2.45) is 11.8 Å². The molecule has 1 unspecified atom stereocenters. The van der Waals surface area contributed by atoms with Gasteiger partial charge in [-0.1, -0.05) is 0 Å². The molecule has 1 atom stereocenters. The van der Waals surface area contributed by atoms with Crippen molar-refractivity contribution in [3.05, 3.63) is 11.8 Å². The van der Waals surface area contributed by atoms with Crippen LogP contribution in [0.4, 0.5) is 52.7 Å². The molecule has 0 aromatic carbocycles. The van der Waals surface area contributed by atoms with Crippen molar-refractivity contribution in [2.45, 2.75) is 56.5 Å². The lowest BCUT2D eigenvalue weighted by Gasteiger charge is -2.28. The summed E-state index contributed by atoms with van der Waals surface area (Å²) in [6, 6.07) is 0. The van der Waals surface area contributed by atoms with Gasteiger partial charge in [0.25, 0.3) is 0 Å². The zero-order chi connectivity index (χ0) is 23.3. The molecule has 0 aromatic rings. The van der Waals surface area contributed by atoms with E-state index in [1.807, 2.05) is 0 Å². The van der Waals surface area contributed by atoms with Crippen LogP contribution in [0.15, 0.2) is 11.8 Å². The fraction of sp³-hybridized carbons (Fsp3) is 0.867. The number of hydrogen-bond acceptors (Lipinski definition) is 2. The molecule has 0 amide bonds. The van der Waals surface area contributed by atoms with E-state index in [4.69, 9.17) is 0 Å². The molecule has 0 saturated heterocycles. The van der Waals surface area contributed by atoms with Crippen LogP contribution in [0, 0.1) is 11.8 Å². The van der Waals surface area contributed by atoms with E-state index >= 15 is 0 Å². The van der Waals surface area contributed by atoms with Crippen LogP contribution in [0.3, 0.4) is 0 Å². The highest BCUT2D eigenvalue weighted by Gasteiger charge is 2.44. The van der Waals surface area contributed by atoms with Crippen molar-refractivity contribution in [3.8, 4) is 0 Å². The van der Waals surface area contributed by atoms with E-state index in [-0.39, 0.29) is 0 Å². The Labute approximate surface area is 157 Å². The van der Waals surface area contributed by atoms with Crippen LogP contribution in [0.5, 0.6) is 0 Å². The Kier molecular flexibility index (Phi) is 9.65. The van der Waals surface area contributed by atoms with Crippen LogP contribution in [0.2, 0.25) is 0 Å². The van der Waals surface area contributed by atoms with Crippen LogP contribution in [-0.4, -0.2) is 45.0 Å². The normalized spacial score (nSPS) is 15.9. The second-order valence-electron chi connectivity index (χ2n) is 6.21. The molecule has 0 radical (unpaired) electrons. The average Bonchev–Trinajstić information content (AvgIpc) is 2.40. The summed E-state index contributed by atoms with van der Waals surface area (Å²) in [4.78, 5) is 0. The highest BCUT2D eigenvalue weighted by atomic mass is 19.4.